The SMILES string of the molecule is c1ccc(N2CCOCC2)c(-c2cscn2)c1. The van der Waals surface area contributed by atoms with Crippen LogP contribution in [0.2, 0.25) is 0 Å². The maximum absolute atomic E-state index is 5.40. The maximum Gasteiger partial charge on any atom is 0.0831 e. The fraction of sp³-hybridized carbons (Fsp3) is 0.308. The number of morpholine rings is 1. The van der Waals surface area contributed by atoms with Crippen LogP contribution in [-0.2, 0) is 4.74 Å². The van der Waals surface area contributed by atoms with Crippen LogP contribution in [-0.4, -0.2) is 31.3 Å². The number of hydrogen-bond donors (Lipinski definition) is 0. The van der Waals surface area contributed by atoms with Gasteiger partial charge < -0.3 is 9.64 Å². The molecular weight excluding hydrogens is 232 g/mol. The zero-order valence-corrected chi connectivity index (χ0v) is 10.3. The molecule has 0 aliphatic carbocycles. The van der Waals surface area contributed by atoms with E-state index in [1.807, 2.05) is 5.51 Å². The third-order valence-corrected chi connectivity index (χ3v) is 3.55. The van der Waals surface area contributed by atoms with Crippen molar-refractivity contribution in [3.05, 3.63) is 35.2 Å². The lowest BCUT2D eigenvalue weighted by Crippen LogP contribution is -2.36. The summed E-state index contributed by atoms with van der Waals surface area (Å²) >= 11 is 1.64. The lowest BCUT2D eigenvalue weighted by atomic mass is 10.1. The summed E-state index contributed by atoms with van der Waals surface area (Å²) in [5.41, 5.74) is 5.43. The summed E-state index contributed by atoms with van der Waals surface area (Å²) in [7, 11) is 0. The standard InChI is InChI=1S/C13H14N2OS/c1-2-4-13(15-5-7-16-8-6-15)11(3-1)12-9-17-10-14-12/h1-4,9-10H,5-8H2. The van der Waals surface area contributed by atoms with Crippen molar-refractivity contribution < 1.29 is 4.74 Å². The fourth-order valence-electron chi connectivity index (χ4n) is 2.12. The minimum Gasteiger partial charge on any atom is -0.378 e. The van der Waals surface area contributed by atoms with Crippen LogP contribution in [0.15, 0.2) is 35.2 Å². The lowest BCUT2D eigenvalue weighted by molar-refractivity contribution is 0.123. The molecule has 0 amide bonds. The van der Waals surface area contributed by atoms with E-state index < -0.39 is 0 Å². The van der Waals surface area contributed by atoms with Crippen LogP contribution in [0, 0.1) is 0 Å². The van der Waals surface area contributed by atoms with Crippen LogP contribution < -0.4 is 4.90 Å². The van der Waals surface area contributed by atoms with Crippen LogP contribution >= 0.6 is 11.3 Å². The van der Waals surface area contributed by atoms with Crippen LogP contribution in [0.5, 0.6) is 0 Å². The van der Waals surface area contributed by atoms with Gasteiger partial charge in [0.15, 0.2) is 0 Å². The Morgan fingerprint density at radius 2 is 2.00 bits per heavy atom. The molecule has 1 aliphatic rings. The van der Waals surface area contributed by atoms with Crippen molar-refractivity contribution >= 4 is 17.0 Å². The molecular formula is C13H14N2OS. The summed E-state index contributed by atoms with van der Waals surface area (Å²) in [5, 5.41) is 2.10. The number of nitrogens with zero attached hydrogens (tertiary/aromatic N) is 2. The zero-order valence-electron chi connectivity index (χ0n) is 9.50. The first kappa shape index (κ1) is 10.7. The van der Waals surface area contributed by atoms with Gasteiger partial charge in [0.2, 0.25) is 0 Å². The highest BCUT2D eigenvalue weighted by Gasteiger charge is 2.15. The van der Waals surface area contributed by atoms with E-state index in [4.69, 9.17) is 4.74 Å². The molecule has 0 radical (unpaired) electrons. The van der Waals surface area contributed by atoms with Crippen molar-refractivity contribution in [2.24, 2.45) is 0 Å². The molecule has 2 aromatic rings. The van der Waals surface area contributed by atoms with E-state index in [0.717, 1.165) is 32.0 Å². The second-order valence-corrected chi connectivity index (χ2v) is 4.71. The largest absolute Gasteiger partial charge is 0.378 e. The Morgan fingerprint density at radius 3 is 2.76 bits per heavy atom. The Morgan fingerprint density at radius 1 is 1.18 bits per heavy atom. The van der Waals surface area contributed by atoms with E-state index in [1.54, 1.807) is 11.3 Å². The molecule has 3 rings (SSSR count). The maximum atomic E-state index is 5.40. The molecule has 0 atom stereocenters. The Bertz CT molecular complexity index is 478. The predicted molar refractivity (Wildman–Crippen MR) is 70.6 cm³/mol. The number of anilines is 1. The quantitative estimate of drug-likeness (QED) is 0.814. The highest BCUT2D eigenvalue weighted by atomic mass is 32.1. The molecule has 3 nitrogen and oxygen atoms in total. The molecule has 4 heteroatoms. The van der Waals surface area contributed by atoms with Gasteiger partial charge in [-0.05, 0) is 6.07 Å². The van der Waals surface area contributed by atoms with Gasteiger partial charge in [-0.3, -0.25) is 0 Å². The number of ether oxygens (including phenoxy) is 1. The van der Waals surface area contributed by atoms with Gasteiger partial charge in [-0.15, -0.1) is 11.3 Å². The Balaban J connectivity index is 1.98. The van der Waals surface area contributed by atoms with Crippen molar-refractivity contribution in [3.8, 4) is 11.3 Å². The summed E-state index contributed by atoms with van der Waals surface area (Å²) in [6.45, 7) is 3.54. The predicted octanol–water partition coefficient (Wildman–Crippen LogP) is 2.65. The van der Waals surface area contributed by atoms with Crippen molar-refractivity contribution in [1.29, 1.82) is 0 Å². The summed E-state index contributed by atoms with van der Waals surface area (Å²) < 4.78 is 5.40. The van der Waals surface area contributed by atoms with E-state index >= 15 is 0 Å². The van der Waals surface area contributed by atoms with Gasteiger partial charge >= 0.3 is 0 Å². The van der Waals surface area contributed by atoms with Gasteiger partial charge in [-0.2, -0.15) is 0 Å². The summed E-state index contributed by atoms with van der Waals surface area (Å²) in [6, 6.07) is 8.46. The number of aromatic nitrogens is 1. The number of benzene rings is 1. The monoisotopic (exact) mass is 246 g/mol. The number of para-hydroxylation sites is 1. The molecule has 1 saturated heterocycles. The average Bonchev–Trinajstić information content (AvgIpc) is 2.94. The molecule has 0 spiro atoms. The second kappa shape index (κ2) is 4.85. The molecule has 0 N–H and O–H groups in total. The smallest absolute Gasteiger partial charge is 0.0831 e. The molecule has 1 aliphatic heterocycles. The van der Waals surface area contributed by atoms with E-state index in [1.165, 1.54) is 11.3 Å². The highest BCUT2D eigenvalue weighted by Crippen LogP contribution is 2.30. The molecule has 0 unspecified atom stereocenters. The molecule has 17 heavy (non-hydrogen) atoms. The first-order chi connectivity index (χ1) is 8.45. The van der Waals surface area contributed by atoms with E-state index in [2.05, 4.69) is 39.5 Å². The lowest BCUT2D eigenvalue weighted by Gasteiger charge is -2.30. The molecule has 88 valence electrons. The number of thiazole rings is 1. The summed E-state index contributed by atoms with van der Waals surface area (Å²) in [4.78, 5) is 6.78. The number of hydrogen-bond acceptors (Lipinski definition) is 4. The van der Waals surface area contributed by atoms with Crippen LogP contribution in [0.25, 0.3) is 11.3 Å². The first-order valence-corrected chi connectivity index (χ1v) is 6.70. The molecule has 1 fully saturated rings. The Hall–Kier alpha value is -1.39. The molecule has 1 aromatic heterocycles. The minimum atomic E-state index is 0.811. The Labute approximate surface area is 105 Å². The van der Waals surface area contributed by atoms with Gasteiger partial charge in [0.25, 0.3) is 0 Å². The van der Waals surface area contributed by atoms with Crippen LogP contribution in [0.1, 0.15) is 0 Å². The summed E-state index contributed by atoms with van der Waals surface area (Å²) in [5.74, 6) is 0. The third kappa shape index (κ3) is 2.18. The zero-order chi connectivity index (χ0) is 11.5. The normalized spacial score (nSPS) is 16.1. The number of rotatable bonds is 2. The van der Waals surface area contributed by atoms with Crippen molar-refractivity contribution in [2.75, 3.05) is 31.2 Å². The first-order valence-electron chi connectivity index (χ1n) is 5.75. The van der Waals surface area contributed by atoms with Crippen molar-refractivity contribution in [3.63, 3.8) is 0 Å². The second-order valence-electron chi connectivity index (χ2n) is 3.99. The molecule has 0 saturated carbocycles. The van der Waals surface area contributed by atoms with E-state index in [-0.39, 0.29) is 0 Å². The molecule has 0 bridgehead atoms. The third-order valence-electron chi connectivity index (χ3n) is 2.96. The van der Waals surface area contributed by atoms with Crippen molar-refractivity contribution in [2.45, 2.75) is 0 Å². The summed E-state index contributed by atoms with van der Waals surface area (Å²) in [6.07, 6.45) is 0. The van der Waals surface area contributed by atoms with Gasteiger partial charge in [-0.1, -0.05) is 18.2 Å². The van der Waals surface area contributed by atoms with Gasteiger partial charge in [0, 0.05) is 29.7 Å². The van der Waals surface area contributed by atoms with Crippen molar-refractivity contribution in [1.82, 2.24) is 4.98 Å². The fourth-order valence-corrected chi connectivity index (χ4v) is 2.67. The van der Waals surface area contributed by atoms with Gasteiger partial charge in [0.05, 0.1) is 24.4 Å². The Kier molecular flexibility index (Phi) is 3.07. The highest BCUT2D eigenvalue weighted by molar-refractivity contribution is 7.07. The van der Waals surface area contributed by atoms with Gasteiger partial charge in [0.1, 0.15) is 0 Å². The minimum absolute atomic E-state index is 0.811. The van der Waals surface area contributed by atoms with E-state index in [9.17, 15) is 0 Å². The van der Waals surface area contributed by atoms with E-state index in [0.29, 0.717) is 0 Å². The van der Waals surface area contributed by atoms with Gasteiger partial charge in [-0.25, -0.2) is 4.98 Å². The van der Waals surface area contributed by atoms with Crippen LogP contribution in [0.4, 0.5) is 5.69 Å². The topological polar surface area (TPSA) is 25.4 Å². The average molecular weight is 246 g/mol. The molecule has 1 aromatic carbocycles. The van der Waals surface area contributed by atoms with Crippen LogP contribution in [0.3, 0.4) is 0 Å². The molecule has 2 heterocycles.